The predicted octanol–water partition coefficient (Wildman–Crippen LogP) is 1.98. The van der Waals surface area contributed by atoms with Crippen molar-refractivity contribution in [1.29, 1.82) is 0 Å². The monoisotopic (exact) mass is 476 g/mol. The Kier molecular flexibility index (Phi) is 7.31. The van der Waals surface area contributed by atoms with Gasteiger partial charge < -0.3 is 20.9 Å². The minimum Gasteiger partial charge on any atom is -0.340 e. The van der Waals surface area contributed by atoms with E-state index in [2.05, 4.69) is 5.32 Å². The Labute approximate surface area is 205 Å². The molecule has 2 saturated heterocycles. The van der Waals surface area contributed by atoms with Gasteiger partial charge in [-0.05, 0) is 48.6 Å². The van der Waals surface area contributed by atoms with Crippen LogP contribution in [0.15, 0.2) is 54.6 Å². The Bertz CT molecular complexity index is 1120. The molecule has 2 heterocycles. The Morgan fingerprint density at radius 2 is 1.74 bits per heavy atom. The lowest BCUT2D eigenvalue weighted by Crippen LogP contribution is -2.53. The first-order chi connectivity index (χ1) is 16.8. The minimum atomic E-state index is -0.769. The van der Waals surface area contributed by atoms with Crippen molar-refractivity contribution in [3.63, 3.8) is 0 Å². The number of hydrogen-bond acceptors (Lipinski definition) is 5. The molecule has 2 aromatic carbocycles. The normalized spacial score (nSPS) is 20.2. The smallest absolute Gasteiger partial charge is 0.254 e. The van der Waals surface area contributed by atoms with Crippen LogP contribution in [0.1, 0.15) is 53.0 Å². The third-order valence-corrected chi connectivity index (χ3v) is 6.72. The lowest BCUT2D eigenvalue weighted by atomic mass is 10.0. The zero-order valence-corrected chi connectivity index (χ0v) is 20.1. The van der Waals surface area contributed by atoms with Crippen LogP contribution in [0.4, 0.5) is 0 Å². The van der Waals surface area contributed by atoms with Gasteiger partial charge in [0.25, 0.3) is 11.8 Å². The number of Topliss-reactive ketones (excluding diaryl/α,β-unsaturated/α-hetero) is 1. The van der Waals surface area contributed by atoms with Crippen molar-refractivity contribution in [1.82, 2.24) is 15.1 Å². The molecule has 8 nitrogen and oxygen atoms in total. The third kappa shape index (κ3) is 5.12. The van der Waals surface area contributed by atoms with E-state index in [-0.39, 0.29) is 42.0 Å². The highest BCUT2D eigenvalue weighted by atomic mass is 16.2. The van der Waals surface area contributed by atoms with Gasteiger partial charge in [-0.2, -0.15) is 0 Å². The van der Waals surface area contributed by atoms with Crippen molar-refractivity contribution in [2.45, 2.75) is 51.4 Å². The average Bonchev–Trinajstić information content (AvgIpc) is 3.44. The highest BCUT2D eigenvalue weighted by Gasteiger charge is 2.52. The first-order valence-corrected chi connectivity index (χ1v) is 12.1. The lowest BCUT2D eigenvalue weighted by molar-refractivity contribution is -0.138. The van der Waals surface area contributed by atoms with Crippen molar-refractivity contribution in [3.8, 4) is 0 Å². The summed E-state index contributed by atoms with van der Waals surface area (Å²) in [4.78, 5) is 55.8. The second-order valence-electron chi connectivity index (χ2n) is 9.66. The molecule has 0 radical (unpaired) electrons. The molecule has 0 bridgehead atoms. The number of likely N-dealkylation sites (tertiary alicyclic amines) is 2. The van der Waals surface area contributed by atoms with Crippen LogP contribution in [-0.4, -0.2) is 64.5 Å². The molecule has 0 spiro atoms. The fourth-order valence-corrected chi connectivity index (χ4v) is 5.06. The maximum atomic E-state index is 13.6. The largest absolute Gasteiger partial charge is 0.340 e. The quantitative estimate of drug-likeness (QED) is 0.635. The summed E-state index contributed by atoms with van der Waals surface area (Å²) in [6.07, 6.45) is 0.970. The van der Waals surface area contributed by atoms with Gasteiger partial charge in [0.15, 0.2) is 5.78 Å². The highest BCUT2D eigenvalue weighted by Crippen LogP contribution is 2.31. The van der Waals surface area contributed by atoms with E-state index in [4.69, 9.17) is 5.73 Å². The molecular formula is C27H32N4O4. The summed E-state index contributed by atoms with van der Waals surface area (Å²) >= 11 is 0. The molecule has 2 aliphatic rings. The number of benzene rings is 2. The molecule has 0 aromatic heterocycles. The standard InChI is InChI=1S/C27H32N4O4/c1-17(2)13-21(29-25(33)20-10-6-7-18(14-20)15-28)27(35)30-12-11-22-24(30)23(32)16-31(22)26(34)19-8-4-3-5-9-19/h3-10,14,17,21-22,24H,11-13,15-16,28H2,1-2H3,(H,29,33)/t21-,22+,24-/m0/s1. The third-order valence-electron chi connectivity index (χ3n) is 6.72. The number of ketones is 1. The van der Waals surface area contributed by atoms with Crippen LogP contribution in [0.25, 0.3) is 0 Å². The Balaban J connectivity index is 1.51. The molecule has 8 heteroatoms. The predicted molar refractivity (Wildman–Crippen MR) is 131 cm³/mol. The van der Waals surface area contributed by atoms with Crippen LogP contribution in [-0.2, 0) is 16.1 Å². The summed E-state index contributed by atoms with van der Waals surface area (Å²) < 4.78 is 0. The molecule has 0 aliphatic carbocycles. The van der Waals surface area contributed by atoms with Crippen molar-refractivity contribution in [3.05, 3.63) is 71.3 Å². The van der Waals surface area contributed by atoms with E-state index in [1.165, 1.54) is 0 Å². The SMILES string of the molecule is CC(C)C[C@H](NC(=O)c1cccc(CN)c1)C(=O)N1CC[C@@H]2[C@H]1C(=O)CN2C(=O)c1ccccc1. The molecule has 2 fully saturated rings. The summed E-state index contributed by atoms with van der Waals surface area (Å²) in [7, 11) is 0. The van der Waals surface area contributed by atoms with Crippen molar-refractivity contribution in [2.24, 2.45) is 11.7 Å². The van der Waals surface area contributed by atoms with Crippen LogP contribution in [0, 0.1) is 5.92 Å². The zero-order chi connectivity index (χ0) is 25.1. The number of hydrogen-bond donors (Lipinski definition) is 2. The first-order valence-electron chi connectivity index (χ1n) is 12.1. The summed E-state index contributed by atoms with van der Waals surface area (Å²) in [5.41, 5.74) is 7.48. The number of carbonyl (C=O) groups is 4. The van der Waals surface area contributed by atoms with Crippen LogP contribution >= 0.6 is 0 Å². The van der Waals surface area contributed by atoms with Crippen LogP contribution < -0.4 is 11.1 Å². The summed E-state index contributed by atoms with van der Waals surface area (Å²) in [6, 6.07) is 14.1. The van der Waals surface area contributed by atoms with Crippen LogP contribution in [0.5, 0.6) is 0 Å². The first kappa shape index (κ1) is 24.6. The van der Waals surface area contributed by atoms with E-state index < -0.39 is 12.1 Å². The lowest BCUT2D eigenvalue weighted by Gasteiger charge is -2.29. The maximum absolute atomic E-state index is 13.6. The van der Waals surface area contributed by atoms with Gasteiger partial charge >= 0.3 is 0 Å². The molecule has 2 aliphatic heterocycles. The number of rotatable bonds is 7. The number of fused-ring (bicyclic) bond motifs is 1. The van der Waals surface area contributed by atoms with Gasteiger partial charge in [-0.1, -0.05) is 44.2 Å². The van der Waals surface area contributed by atoms with Crippen LogP contribution in [0.3, 0.4) is 0 Å². The van der Waals surface area contributed by atoms with Gasteiger partial charge in [-0.25, -0.2) is 0 Å². The molecule has 4 rings (SSSR count). The maximum Gasteiger partial charge on any atom is 0.254 e. The topological polar surface area (TPSA) is 113 Å². The molecular weight excluding hydrogens is 444 g/mol. The fraction of sp³-hybridized carbons (Fsp3) is 0.407. The van der Waals surface area contributed by atoms with E-state index in [9.17, 15) is 19.2 Å². The molecule has 2 aromatic rings. The summed E-state index contributed by atoms with van der Waals surface area (Å²) in [6.45, 7) is 4.63. The Hall–Kier alpha value is -3.52. The molecule has 3 atom stereocenters. The second-order valence-corrected chi connectivity index (χ2v) is 9.66. The van der Waals surface area contributed by atoms with E-state index in [0.717, 1.165) is 5.56 Å². The van der Waals surface area contributed by atoms with Crippen molar-refractivity contribution < 1.29 is 19.2 Å². The van der Waals surface area contributed by atoms with Gasteiger partial charge in [0, 0.05) is 24.2 Å². The second kappa shape index (κ2) is 10.4. The summed E-state index contributed by atoms with van der Waals surface area (Å²) in [5, 5.41) is 2.88. The van der Waals surface area contributed by atoms with E-state index in [0.29, 0.717) is 37.1 Å². The zero-order valence-electron chi connectivity index (χ0n) is 20.1. The molecule has 3 N–H and O–H groups in total. The number of amides is 3. The molecule has 184 valence electrons. The molecule has 0 unspecified atom stereocenters. The number of nitrogens with zero attached hydrogens (tertiary/aromatic N) is 2. The molecule has 3 amide bonds. The summed E-state index contributed by atoms with van der Waals surface area (Å²) in [5.74, 6) is -0.831. The van der Waals surface area contributed by atoms with Gasteiger partial charge in [-0.3, -0.25) is 19.2 Å². The van der Waals surface area contributed by atoms with Gasteiger partial charge in [0.05, 0.1) is 12.6 Å². The highest BCUT2D eigenvalue weighted by molar-refractivity contribution is 6.03. The Morgan fingerprint density at radius 3 is 2.43 bits per heavy atom. The molecule has 35 heavy (non-hydrogen) atoms. The number of carbonyl (C=O) groups excluding carboxylic acids is 4. The van der Waals surface area contributed by atoms with Gasteiger partial charge in [0.2, 0.25) is 5.91 Å². The molecule has 0 saturated carbocycles. The van der Waals surface area contributed by atoms with Crippen LogP contribution in [0.2, 0.25) is 0 Å². The minimum absolute atomic E-state index is 0.0140. The number of nitrogens with two attached hydrogens (primary N) is 1. The Morgan fingerprint density at radius 1 is 1.03 bits per heavy atom. The fourth-order valence-electron chi connectivity index (χ4n) is 5.06. The van der Waals surface area contributed by atoms with E-state index in [1.54, 1.807) is 52.3 Å². The van der Waals surface area contributed by atoms with Crippen molar-refractivity contribution in [2.75, 3.05) is 13.1 Å². The van der Waals surface area contributed by atoms with Gasteiger partial charge in [-0.15, -0.1) is 0 Å². The van der Waals surface area contributed by atoms with Crippen molar-refractivity contribution >= 4 is 23.5 Å². The average molecular weight is 477 g/mol. The van der Waals surface area contributed by atoms with Gasteiger partial charge in [0.1, 0.15) is 12.1 Å². The van der Waals surface area contributed by atoms with E-state index in [1.807, 2.05) is 26.0 Å². The van der Waals surface area contributed by atoms with E-state index >= 15 is 0 Å². The number of nitrogens with one attached hydrogen (secondary N) is 1.